The summed E-state index contributed by atoms with van der Waals surface area (Å²) in [4.78, 5) is 12.5. The van der Waals surface area contributed by atoms with Gasteiger partial charge >= 0.3 is 5.97 Å². The fraction of sp³-hybridized carbons (Fsp3) is 0.500. The summed E-state index contributed by atoms with van der Waals surface area (Å²) in [6.07, 6.45) is 1.14. The molecule has 0 amide bonds. The van der Waals surface area contributed by atoms with Gasteiger partial charge in [-0.3, -0.25) is 9.69 Å². The molecule has 0 saturated carbocycles. The zero-order valence-electron chi connectivity index (χ0n) is 10.6. The topological polar surface area (TPSA) is 60.8 Å². The van der Waals surface area contributed by atoms with Gasteiger partial charge in [0, 0.05) is 5.02 Å². The van der Waals surface area contributed by atoms with Crippen LogP contribution in [0.1, 0.15) is 24.5 Å². The van der Waals surface area contributed by atoms with Gasteiger partial charge in [-0.1, -0.05) is 23.7 Å². The average molecular weight is 284 g/mol. The van der Waals surface area contributed by atoms with Gasteiger partial charge in [-0.15, -0.1) is 0 Å². The van der Waals surface area contributed by atoms with Crippen LogP contribution in [0.5, 0.6) is 0 Å². The van der Waals surface area contributed by atoms with Crippen molar-refractivity contribution in [3.8, 4) is 0 Å². The van der Waals surface area contributed by atoms with E-state index in [-0.39, 0.29) is 12.5 Å². The van der Waals surface area contributed by atoms with Crippen LogP contribution >= 0.6 is 11.6 Å². The third kappa shape index (κ3) is 3.93. The molecule has 2 N–H and O–H groups in total. The summed E-state index contributed by atoms with van der Waals surface area (Å²) in [6, 6.07) is 7.24. The van der Waals surface area contributed by atoms with Gasteiger partial charge in [-0.2, -0.15) is 0 Å². The molecule has 0 spiro atoms. The number of nitrogens with zero attached hydrogens (tertiary/aromatic N) is 1. The lowest BCUT2D eigenvalue weighted by molar-refractivity contribution is -0.138. The van der Waals surface area contributed by atoms with E-state index >= 15 is 0 Å². The second kappa shape index (κ2) is 6.37. The van der Waals surface area contributed by atoms with Crippen molar-refractivity contribution in [1.29, 1.82) is 0 Å². The summed E-state index contributed by atoms with van der Waals surface area (Å²) in [6.45, 7) is 1.53. The maximum atomic E-state index is 10.6. The van der Waals surface area contributed by atoms with Crippen molar-refractivity contribution in [2.45, 2.75) is 18.9 Å². The summed E-state index contributed by atoms with van der Waals surface area (Å²) in [5, 5.41) is 19.7. The summed E-state index contributed by atoms with van der Waals surface area (Å²) in [5.74, 6) is -0.608. The third-order valence-electron chi connectivity index (χ3n) is 3.65. The lowest BCUT2D eigenvalue weighted by atomic mass is 9.87. The van der Waals surface area contributed by atoms with Gasteiger partial charge in [0.15, 0.2) is 0 Å². The Bertz CT molecular complexity index is 427. The predicted octanol–water partition coefficient (Wildman–Crippen LogP) is 2.17. The molecule has 0 unspecified atom stereocenters. The van der Waals surface area contributed by atoms with Crippen LogP contribution in [0, 0.1) is 5.92 Å². The number of aliphatic hydroxyl groups excluding tert-OH is 1. The van der Waals surface area contributed by atoms with Crippen LogP contribution in [0.25, 0.3) is 0 Å². The van der Waals surface area contributed by atoms with Gasteiger partial charge in [-0.05, 0) is 49.5 Å². The first-order valence-corrected chi connectivity index (χ1v) is 6.81. The van der Waals surface area contributed by atoms with Crippen molar-refractivity contribution in [2.24, 2.45) is 5.92 Å². The number of likely N-dealkylation sites (tertiary alicyclic amines) is 1. The van der Waals surface area contributed by atoms with E-state index in [1.165, 1.54) is 0 Å². The Hall–Kier alpha value is -1.10. The highest BCUT2D eigenvalue weighted by atomic mass is 35.5. The molecule has 1 aliphatic rings. The number of carbonyl (C=O) groups is 1. The van der Waals surface area contributed by atoms with E-state index in [2.05, 4.69) is 0 Å². The zero-order chi connectivity index (χ0) is 13.8. The summed E-state index contributed by atoms with van der Waals surface area (Å²) >= 11 is 5.83. The summed E-state index contributed by atoms with van der Waals surface area (Å²) in [7, 11) is 0. The Labute approximate surface area is 117 Å². The first kappa shape index (κ1) is 14.3. The van der Waals surface area contributed by atoms with Gasteiger partial charge in [0.25, 0.3) is 0 Å². The van der Waals surface area contributed by atoms with Crippen molar-refractivity contribution in [3.05, 3.63) is 34.9 Å². The second-order valence-corrected chi connectivity index (χ2v) is 5.44. The number of halogens is 1. The van der Waals surface area contributed by atoms with Crippen LogP contribution in [0.15, 0.2) is 24.3 Å². The molecule has 1 aromatic rings. The maximum absolute atomic E-state index is 10.6. The van der Waals surface area contributed by atoms with Gasteiger partial charge < -0.3 is 10.2 Å². The molecule has 1 saturated heterocycles. The van der Waals surface area contributed by atoms with E-state index in [1.807, 2.05) is 17.0 Å². The van der Waals surface area contributed by atoms with E-state index in [4.69, 9.17) is 16.7 Å². The zero-order valence-corrected chi connectivity index (χ0v) is 11.4. The number of aliphatic hydroxyl groups is 1. The molecule has 1 heterocycles. The number of benzene rings is 1. The van der Waals surface area contributed by atoms with E-state index < -0.39 is 12.1 Å². The molecule has 1 aromatic carbocycles. The van der Waals surface area contributed by atoms with Gasteiger partial charge in [-0.25, -0.2) is 0 Å². The highest BCUT2D eigenvalue weighted by Crippen LogP contribution is 2.31. The fourth-order valence-electron chi connectivity index (χ4n) is 2.55. The predicted molar refractivity (Wildman–Crippen MR) is 73.2 cm³/mol. The molecule has 0 aliphatic carbocycles. The maximum Gasteiger partial charge on any atom is 0.317 e. The van der Waals surface area contributed by atoms with Crippen molar-refractivity contribution < 1.29 is 15.0 Å². The van der Waals surface area contributed by atoms with Gasteiger partial charge in [0.1, 0.15) is 0 Å². The van der Waals surface area contributed by atoms with Crippen molar-refractivity contribution >= 4 is 17.6 Å². The second-order valence-electron chi connectivity index (χ2n) is 5.00. The van der Waals surface area contributed by atoms with Crippen LogP contribution < -0.4 is 0 Å². The van der Waals surface area contributed by atoms with E-state index in [0.717, 1.165) is 31.5 Å². The Kier molecular flexibility index (Phi) is 4.80. The Morgan fingerprint density at radius 3 is 2.42 bits per heavy atom. The number of hydrogen-bond donors (Lipinski definition) is 2. The number of hydrogen-bond acceptors (Lipinski definition) is 3. The molecule has 1 atom stereocenters. The molecule has 104 valence electrons. The smallest absolute Gasteiger partial charge is 0.317 e. The number of aliphatic carboxylic acids is 1. The number of piperidine rings is 1. The highest BCUT2D eigenvalue weighted by molar-refractivity contribution is 6.30. The van der Waals surface area contributed by atoms with Gasteiger partial charge in [0.05, 0.1) is 12.6 Å². The van der Waals surface area contributed by atoms with E-state index in [9.17, 15) is 9.90 Å². The van der Waals surface area contributed by atoms with Crippen molar-refractivity contribution in [1.82, 2.24) is 4.90 Å². The fourth-order valence-corrected chi connectivity index (χ4v) is 2.68. The first-order valence-electron chi connectivity index (χ1n) is 6.44. The molecule has 4 nitrogen and oxygen atoms in total. The van der Waals surface area contributed by atoms with E-state index in [0.29, 0.717) is 5.02 Å². The van der Waals surface area contributed by atoms with Crippen molar-refractivity contribution in [2.75, 3.05) is 19.6 Å². The molecule has 0 bridgehead atoms. The standard InChI is InChI=1S/C14H18ClNO3/c15-12-3-1-10(2-4-12)14(19)11-5-7-16(8-6-11)9-13(17)18/h1-4,11,14,19H,5-9H2,(H,17,18)/t14-/m0/s1. The monoisotopic (exact) mass is 283 g/mol. The minimum atomic E-state index is -0.795. The molecule has 1 aliphatic heterocycles. The largest absolute Gasteiger partial charge is 0.480 e. The van der Waals surface area contributed by atoms with Crippen LogP contribution in [0.4, 0.5) is 0 Å². The third-order valence-corrected chi connectivity index (χ3v) is 3.90. The molecule has 0 radical (unpaired) electrons. The minimum absolute atomic E-state index is 0.0871. The average Bonchev–Trinajstić information content (AvgIpc) is 2.39. The quantitative estimate of drug-likeness (QED) is 0.889. The van der Waals surface area contributed by atoms with Crippen LogP contribution in [0.2, 0.25) is 5.02 Å². The number of carboxylic acid groups (broad SMARTS) is 1. The summed E-state index contributed by atoms with van der Waals surface area (Å²) in [5.41, 5.74) is 0.876. The lowest BCUT2D eigenvalue weighted by Gasteiger charge is -2.33. The van der Waals surface area contributed by atoms with Crippen molar-refractivity contribution in [3.63, 3.8) is 0 Å². The molecular formula is C14H18ClNO3. The molecular weight excluding hydrogens is 266 g/mol. The van der Waals surface area contributed by atoms with Gasteiger partial charge in [0.2, 0.25) is 0 Å². The molecule has 0 aromatic heterocycles. The lowest BCUT2D eigenvalue weighted by Crippen LogP contribution is -2.38. The highest BCUT2D eigenvalue weighted by Gasteiger charge is 2.26. The number of rotatable bonds is 4. The normalized spacial score (nSPS) is 19.3. The molecule has 5 heteroatoms. The molecule has 1 fully saturated rings. The Morgan fingerprint density at radius 2 is 1.89 bits per heavy atom. The van der Waals surface area contributed by atoms with Crippen LogP contribution in [0.3, 0.4) is 0 Å². The SMILES string of the molecule is O=C(O)CN1CCC([C@@H](O)c2ccc(Cl)cc2)CC1. The first-order chi connectivity index (χ1) is 9.06. The Balaban J connectivity index is 1.90. The van der Waals surface area contributed by atoms with Crippen LogP contribution in [-0.2, 0) is 4.79 Å². The Morgan fingerprint density at radius 1 is 1.32 bits per heavy atom. The summed E-state index contributed by atoms with van der Waals surface area (Å²) < 4.78 is 0. The molecule has 19 heavy (non-hydrogen) atoms. The van der Waals surface area contributed by atoms with Crippen LogP contribution in [-0.4, -0.2) is 40.7 Å². The van der Waals surface area contributed by atoms with E-state index in [1.54, 1.807) is 12.1 Å². The molecule has 2 rings (SSSR count). The minimum Gasteiger partial charge on any atom is -0.480 e. The number of carboxylic acids is 1.